The molecule has 2 aromatic rings. The Morgan fingerprint density at radius 1 is 1.00 bits per heavy atom. The number of carbonyl (C=O) groups excluding carboxylic acids is 1. The highest BCUT2D eigenvalue weighted by atomic mass is 16.5. The molecule has 2 atom stereocenters. The number of rotatable bonds is 5. The summed E-state index contributed by atoms with van der Waals surface area (Å²) in [6, 6.07) is 15.3. The van der Waals surface area contributed by atoms with Crippen LogP contribution in [0.25, 0.3) is 0 Å². The summed E-state index contributed by atoms with van der Waals surface area (Å²) in [6.07, 6.45) is 0.894. The Morgan fingerprint density at radius 2 is 1.71 bits per heavy atom. The van der Waals surface area contributed by atoms with Crippen molar-refractivity contribution in [1.29, 1.82) is 0 Å². The zero-order chi connectivity index (χ0) is 14.8. The summed E-state index contributed by atoms with van der Waals surface area (Å²) in [4.78, 5) is 12.5. The molecule has 0 aromatic heterocycles. The normalized spacial score (nSPS) is 19.9. The second kappa shape index (κ2) is 5.60. The molecule has 0 N–H and O–H groups in total. The van der Waals surface area contributed by atoms with E-state index >= 15 is 0 Å². The van der Waals surface area contributed by atoms with Crippen LogP contribution in [0.3, 0.4) is 0 Å². The Bertz CT molecular complexity index is 646. The van der Waals surface area contributed by atoms with E-state index in [1.54, 1.807) is 14.2 Å². The molecule has 21 heavy (non-hydrogen) atoms. The molecule has 0 aliphatic heterocycles. The Kier molecular flexibility index (Phi) is 3.65. The molecular weight excluding hydrogens is 264 g/mol. The van der Waals surface area contributed by atoms with E-state index in [-0.39, 0.29) is 17.6 Å². The SMILES string of the molecule is COc1ccc(C(=O)C2CC2c2ccccc2OC)cc1. The fraction of sp³-hybridized carbons (Fsp3) is 0.278. The molecule has 3 nitrogen and oxygen atoms in total. The van der Waals surface area contributed by atoms with Gasteiger partial charge in [-0.15, -0.1) is 0 Å². The second-order valence-electron chi connectivity index (χ2n) is 5.28. The van der Waals surface area contributed by atoms with E-state index in [0.29, 0.717) is 0 Å². The minimum absolute atomic E-state index is 0.0645. The minimum atomic E-state index is 0.0645. The molecule has 1 saturated carbocycles. The van der Waals surface area contributed by atoms with Gasteiger partial charge in [0.15, 0.2) is 5.78 Å². The highest BCUT2D eigenvalue weighted by Gasteiger charge is 2.45. The first-order chi connectivity index (χ1) is 10.2. The van der Waals surface area contributed by atoms with E-state index < -0.39 is 0 Å². The number of hydrogen-bond donors (Lipinski definition) is 0. The molecule has 0 bridgehead atoms. The fourth-order valence-corrected chi connectivity index (χ4v) is 2.77. The largest absolute Gasteiger partial charge is 0.497 e. The topological polar surface area (TPSA) is 35.5 Å². The summed E-state index contributed by atoms with van der Waals surface area (Å²) < 4.78 is 10.5. The lowest BCUT2D eigenvalue weighted by Crippen LogP contribution is -2.03. The van der Waals surface area contributed by atoms with Gasteiger partial charge in [0, 0.05) is 11.5 Å². The highest BCUT2D eigenvalue weighted by molar-refractivity contribution is 6.00. The maximum absolute atomic E-state index is 12.5. The monoisotopic (exact) mass is 282 g/mol. The lowest BCUT2D eigenvalue weighted by Gasteiger charge is -2.07. The third kappa shape index (κ3) is 2.64. The summed E-state index contributed by atoms with van der Waals surface area (Å²) in [7, 11) is 3.29. The van der Waals surface area contributed by atoms with Crippen molar-refractivity contribution in [3.8, 4) is 11.5 Å². The number of carbonyl (C=O) groups is 1. The van der Waals surface area contributed by atoms with Gasteiger partial charge in [0.25, 0.3) is 0 Å². The van der Waals surface area contributed by atoms with Crippen molar-refractivity contribution in [3.05, 3.63) is 59.7 Å². The third-order valence-corrected chi connectivity index (χ3v) is 4.04. The zero-order valence-corrected chi connectivity index (χ0v) is 12.2. The third-order valence-electron chi connectivity index (χ3n) is 4.04. The summed E-state index contributed by atoms with van der Waals surface area (Å²) in [5.41, 5.74) is 1.88. The van der Waals surface area contributed by atoms with E-state index in [1.807, 2.05) is 48.5 Å². The maximum Gasteiger partial charge on any atom is 0.166 e. The van der Waals surface area contributed by atoms with Gasteiger partial charge in [-0.2, -0.15) is 0 Å². The van der Waals surface area contributed by atoms with Gasteiger partial charge >= 0.3 is 0 Å². The van der Waals surface area contributed by atoms with Crippen LogP contribution in [-0.4, -0.2) is 20.0 Å². The molecule has 1 fully saturated rings. The number of ketones is 1. The van der Waals surface area contributed by atoms with Crippen LogP contribution in [-0.2, 0) is 0 Å². The number of benzene rings is 2. The molecule has 2 aromatic carbocycles. The Labute approximate surface area is 124 Å². The van der Waals surface area contributed by atoms with Crippen LogP contribution in [0.1, 0.15) is 28.3 Å². The Balaban J connectivity index is 1.76. The standard InChI is InChI=1S/C18H18O3/c1-20-13-9-7-12(8-10-13)18(19)16-11-15(16)14-5-3-4-6-17(14)21-2/h3-10,15-16H,11H2,1-2H3. The molecule has 0 radical (unpaired) electrons. The van der Waals surface area contributed by atoms with Crippen LogP contribution in [0.15, 0.2) is 48.5 Å². The van der Waals surface area contributed by atoms with Gasteiger partial charge in [-0.05, 0) is 48.2 Å². The van der Waals surface area contributed by atoms with Crippen molar-refractivity contribution in [2.45, 2.75) is 12.3 Å². The first-order valence-corrected chi connectivity index (χ1v) is 7.05. The van der Waals surface area contributed by atoms with Crippen molar-refractivity contribution < 1.29 is 14.3 Å². The summed E-state index contributed by atoms with van der Waals surface area (Å²) >= 11 is 0. The zero-order valence-electron chi connectivity index (χ0n) is 12.2. The number of hydrogen-bond acceptors (Lipinski definition) is 3. The number of Topliss-reactive ketones (excluding diaryl/α,β-unsaturated/α-hetero) is 1. The van der Waals surface area contributed by atoms with Crippen molar-refractivity contribution in [2.24, 2.45) is 5.92 Å². The first kappa shape index (κ1) is 13.7. The molecule has 3 rings (SSSR count). The van der Waals surface area contributed by atoms with Crippen molar-refractivity contribution >= 4 is 5.78 Å². The quantitative estimate of drug-likeness (QED) is 0.785. The molecule has 2 unspecified atom stereocenters. The summed E-state index contributed by atoms with van der Waals surface area (Å²) in [5, 5.41) is 0. The van der Waals surface area contributed by atoms with E-state index in [4.69, 9.17) is 9.47 Å². The fourth-order valence-electron chi connectivity index (χ4n) is 2.77. The van der Waals surface area contributed by atoms with Gasteiger partial charge in [0.2, 0.25) is 0 Å². The predicted octanol–water partition coefficient (Wildman–Crippen LogP) is 3.69. The molecule has 0 amide bonds. The van der Waals surface area contributed by atoms with Gasteiger partial charge in [0.1, 0.15) is 11.5 Å². The number of methoxy groups -OCH3 is 2. The van der Waals surface area contributed by atoms with Gasteiger partial charge < -0.3 is 9.47 Å². The van der Waals surface area contributed by atoms with Crippen LogP contribution < -0.4 is 9.47 Å². The summed E-state index contributed by atoms with van der Waals surface area (Å²) in [5.74, 6) is 2.18. The van der Waals surface area contributed by atoms with E-state index in [1.165, 1.54) is 0 Å². The van der Waals surface area contributed by atoms with Gasteiger partial charge in [-0.3, -0.25) is 4.79 Å². The van der Waals surface area contributed by atoms with Gasteiger partial charge in [-0.1, -0.05) is 18.2 Å². The van der Waals surface area contributed by atoms with Crippen molar-refractivity contribution in [2.75, 3.05) is 14.2 Å². The van der Waals surface area contributed by atoms with E-state index in [9.17, 15) is 4.79 Å². The lowest BCUT2D eigenvalue weighted by atomic mass is 10.0. The van der Waals surface area contributed by atoms with Gasteiger partial charge in [0.05, 0.1) is 14.2 Å². The molecule has 1 aliphatic rings. The smallest absolute Gasteiger partial charge is 0.166 e. The maximum atomic E-state index is 12.5. The Hall–Kier alpha value is -2.29. The minimum Gasteiger partial charge on any atom is -0.497 e. The molecule has 108 valence electrons. The molecule has 1 aliphatic carbocycles. The van der Waals surface area contributed by atoms with Crippen LogP contribution in [0.5, 0.6) is 11.5 Å². The molecule has 3 heteroatoms. The molecule has 0 saturated heterocycles. The predicted molar refractivity (Wildman–Crippen MR) is 81.2 cm³/mol. The number of para-hydroxylation sites is 1. The van der Waals surface area contributed by atoms with Gasteiger partial charge in [-0.25, -0.2) is 0 Å². The van der Waals surface area contributed by atoms with Crippen LogP contribution >= 0.6 is 0 Å². The second-order valence-corrected chi connectivity index (χ2v) is 5.28. The first-order valence-electron chi connectivity index (χ1n) is 7.05. The van der Waals surface area contributed by atoms with E-state index in [0.717, 1.165) is 29.0 Å². The average molecular weight is 282 g/mol. The van der Waals surface area contributed by atoms with Crippen molar-refractivity contribution in [1.82, 2.24) is 0 Å². The van der Waals surface area contributed by atoms with Crippen LogP contribution in [0.2, 0.25) is 0 Å². The molecular formula is C18H18O3. The average Bonchev–Trinajstić information content (AvgIpc) is 3.34. The molecule has 0 spiro atoms. The Morgan fingerprint density at radius 3 is 2.38 bits per heavy atom. The molecule has 0 heterocycles. The van der Waals surface area contributed by atoms with Crippen LogP contribution in [0, 0.1) is 5.92 Å². The highest BCUT2D eigenvalue weighted by Crippen LogP contribution is 2.51. The van der Waals surface area contributed by atoms with E-state index in [2.05, 4.69) is 0 Å². The van der Waals surface area contributed by atoms with Crippen molar-refractivity contribution in [3.63, 3.8) is 0 Å². The summed E-state index contributed by atoms with van der Waals surface area (Å²) in [6.45, 7) is 0. The lowest BCUT2D eigenvalue weighted by molar-refractivity contribution is 0.0965. The van der Waals surface area contributed by atoms with Crippen LogP contribution in [0.4, 0.5) is 0 Å². The number of ether oxygens (including phenoxy) is 2.